The Labute approximate surface area is 192 Å². The van der Waals surface area contributed by atoms with Crippen molar-refractivity contribution in [3.8, 4) is 5.69 Å². The third-order valence-corrected chi connectivity index (χ3v) is 7.36. The number of hydrogen-bond donors (Lipinski definition) is 0. The standard InChI is InChI=1S/C27H27BN2.C2H6/c1-16-29-22-15-17(26(2,3)4)14-21-25(22)30(16)23-13-9-11-19-24(23)28(21)20-12-8-7-10-18(20)27(19,5)6;1-2/h7-15H,1-6H3;1-2H3. The summed E-state index contributed by atoms with van der Waals surface area (Å²) in [7, 11) is 0. The molecule has 0 saturated carbocycles. The summed E-state index contributed by atoms with van der Waals surface area (Å²) in [5, 5.41) is 0. The molecule has 0 atom stereocenters. The number of fused-ring (bicyclic) bond motifs is 4. The number of imidazole rings is 1. The van der Waals surface area contributed by atoms with Crippen LogP contribution in [0.1, 0.15) is 71.0 Å². The minimum atomic E-state index is -0.0226. The van der Waals surface area contributed by atoms with E-state index < -0.39 is 0 Å². The molecule has 0 spiro atoms. The number of aromatic nitrogens is 2. The Bertz CT molecular complexity index is 1370. The molecule has 1 aromatic heterocycles. The largest absolute Gasteiger partial charge is 0.298 e. The van der Waals surface area contributed by atoms with Gasteiger partial charge in [-0.25, -0.2) is 4.98 Å². The number of rotatable bonds is 0. The Morgan fingerprint density at radius 1 is 0.875 bits per heavy atom. The second-order valence-corrected chi connectivity index (χ2v) is 10.6. The molecular formula is C29H33BN2. The molecule has 0 radical (unpaired) electrons. The van der Waals surface area contributed by atoms with Crippen LogP contribution in [-0.2, 0) is 10.8 Å². The van der Waals surface area contributed by atoms with Gasteiger partial charge in [0, 0.05) is 11.1 Å². The van der Waals surface area contributed by atoms with Crippen molar-refractivity contribution in [2.75, 3.05) is 0 Å². The first-order valence-electron chi connectivity index (χ1n) is 12.0. The van der Waals surface area contributed by atoms with Crippen LogP contribution in [0.25, 0.3) is 16.7 Å². The van der Waals surface area contributed by atoms with Crippen LogP contribution in [0.15, 0.2) is 54.6 Å². The van der Waals surface area contributed by atoms with Crippen molar-refractivity contribution in [1.29, 1.82) is 0 Å². The highest BCUT2D eigenvalue weighted by atomic mass is 15.1. The van der Waals surface area contributed by atoms with Gasteiger partial charge in [0.2, 0.25) is 6.71 Å². The van der Waals surface area contributed by atoms with Crippen LogP contribution in [-0.4, -0.2) is 16.3 Å². The number of benzene rings is 3. The highest BCUT2D eigenvalue weighted by molar-refractivity contribution is 6.98. The van der Waals surface area contributed by atoms with Gasteiger partial charge >= 0.3 is 0 Å². The van der Waals surface area contributed by atoms with Crippen molar-refractivity contribution >= 4 is 34.1 Å². The minimum Gasteiger partial charge on any atom is -0.298 e. The van der Waals surface area contributed by atoms with Gasteiger partial charge in [-0.1, -0.05) is 96.4 Å². The van der Waals surface area contributed by atoms with Gasteiger partial charge in [-0.15, -0.1) is 0 Å². The van der Waals surface area contributed by atoms with Crippen LogP contribution in [0.3, 0.4) is 0 Å². The molecular weight excluding hydrogens is 387 g/mol. The zero-order valence-corrected chi connectivity index (χ0v) is 20.7. The van der Waals surface area contributed by atoms with E-state index in [-0.39, 0.29) is 17.5 Å². The number of hydrogen-bond acceptors (Lipinski definition) is 1. The molecule has 0 unspecified atom stereocenters. The van der Waals surface area contributed by atoms with Gasteiger partial charge in [-0.2, -0.15) is 0 Å². The maximum Gasteiger partial charge on any atom is 0.247 e. The second-order valence-electron chi connectivity index (χ2n) is 10.6. The Morgan fingerprint density at radius 3 is 2.28 bits per heavy atom. The highest BCUT2D eigenvalue weighted by Gasteiger charge is 2.44. The Balaban J connectivity index is 0.00000105. The molecule has 2 aliphatic heterocycles. The molecule has 162 valence electrons. The predicted molar refractivity (Wildman–Crippen MR) is 139 cm³/mol. The van der Waals surface area contributed by atoms with E-state index in [2.05, 4.69) is 101 Å². The van der Waals surface area contributed by atoms with Crippen molar-refractivity contribution in [2.24, 2.45) is 0 Å². The van der Waals surface area contributed by atoms with E-state index in [1.165, 1.54) is 44.3 Å². The summed E-state index contributed by atoms with van der Waals surface area (Å²) >= 11 is 0. The fourth-order valence-electron chi connectivity index (χ4n) is 5.84. The fraction of sp³-hybridized carbons (Fsp3) is 0.345. The molecule has 0 N–H and O–H groups in total. The summed E-state index contributed by atoms with van der Waals surface area (Å²) in [5.41, 5.74) is 12.3. The average molecular weight is 420 g/mol. The molecule has 3 heterocycles. The van der Waals surface area contributed by atoms with Crippen molar-refractivity contribution < 1.29 is 0 Å². The van der Waals surface area contributed by atoms with Gasteiger partial charge in [-0.05, 0) is 52.1 Å². The van der Waals surface area contributed by atoms with Crippen LogP contribution in [0.4, 0.5) is 0 Å². The average Bonchev–Trinajstić information content (AvgIpc) is 3.11. The van der Waals surface area contributed by atoms with Crippen molar-refractivity contribution in [1.82, 2.24) is 9.55 Å². The minimum absolute atomic E-state index is 0.0226. The third-order valence-electron chi connectivity index (χ3n) is 7.36. The van der Waals surface area contributed by atoms with Crippen LogP contribution < -0.4 is 16.4 Å². The molecule has 3 aromatic carbocycles. The molecule has 0 aliphatic carbocycles. The maximum atomic E-state index is 5.03. The van der Waals surface area contributed by atoms with Crippen LogP contribution >= 0.6 is 0 Å². The van der Waals surface area contributed by atoms with Crippen molar-refractivity contribution in [3.05, 3.63) is 77.1 Å². The molecule has 32 heavy (non-hydrogen) atoms. The van der Waals surface area contributed by atoms with Gasteiger partial charge in [-0.3, -0.25) is 4.57 Å². The fourth-order valence-corrected chi connectivity index (χ4v) is 5.84. The lowest BCUT2D eigenvalue weighted by Crippen LogP contribution is -2.63. The molecule has 0 amide bonds. The van der Waals surface area contributed by atoms with Crippen molar-refractivity contribution in [2.45, 2.75) is 66.2 Å². The van der Waals surface area contributed by atoms with E-state index in [9.17, 15) is 0 Å². The monoisotopic (exact) mass is 420 g/mol. The molecule has 2 aliphatic rings. The lowest BCUT2D eigenvalue weighted by molar-refractivity contribution is 0.591. The Hall–Kier alpha value is -2.81. The topological polar surface area (TPSA) is 17.8 Å². The summed E-state index contributed by atoms with van der Waals surface area (Å²) in [6.45, 7) is 18.0. The van der Waals surface area contributed by atoms with Crippen LogP contribution in [0, 0.1) is 6.92 Å². The molecule has 4 aromatic rings. The van der Waals surface area contributed by atoms with Gasteiger partial charge in [0.25, 0.3) is 0 Å². The first kappa shape index (κ1) is 21.1. The van der Waals surface area contributed by atoms with E-state index in [0.29, 0.717) is 0 Å². The summed E-state index contributed by atoms with van der Waals surface area (Å²) in [6, 6.07) is 20.7. The molecule has 6 rings (SSSR count). The highest BCUT2D eigenvalue weighted by Crippen LogP contribution is 2.37. The molecule has 2 nitrogen and oxygen atoms in total. The molecule has 0 bridgehead atoms. The SMILES string of the molecule is CC.Cc1nc2cc(C(C)(C)C)cc3c2n1-c1cccc2c1B3c1ccccc1C2(C)C. The summed E-state index contributed by atoms with van der Waals surface area (Å²) < 4.78 is 2.40. The summed E-state index contributed by atoms with van der Waals surface area (Å²) in [4.78, 5) is 5.03. The van der Waals surface area contributed by atoms with Crippen LogP contribution in [0.2, 0.25) is 0 Å². The first-order valence-corrected chi connectivity index (χ1v) is 12.0. The summed E-state index contributed by atoms with van der Waals surface area (Å²) in [5.74, 6) is 1.07. The smallest absolute Gasteiger partial charge is 0.247 e. The van der Waals surface area contributed by atoms with Gasteiger partial charge in [0.15, 0.2) is 0 Å². The zero-order chi connectivity index (χ0) is 23.0. The van der Waals surface area contributed by atoms with E-state index in [4.69, 9.17) is 4.98 Å². The Morgan fingerprint density at radius 2 is 1.56 bits per heavy atom. The van der Waals surface area contributed by atoms with E-state index in [1.54, 1.807) is 0 Å². The van der Waals surface area contributed by atoms with E-state index in [1.807, 2.05) is 13.8 Å². The van der Waals surface area contributed by atoms with Crippen molar-refractivity contribution in [3.63, 3.8) is 0 Å². The lowest BCUT2D eigenvalue weighted by Gasteiger charge is -2.42. The number of aryl methyl sites for hydroxylation is 1. The molecule has 0 fully saturated rings. The molecule has 3 heteroatoms. The van der Waals surface area contributed by atoms with Gasteiger partial charge < -0.3 is 0 Å². The van der Waals surface area contributed by atoms with E-state index in [0.717, 1.165) is 11.3 Å². The van der Waals surface area contributed by atoms with Gasteiger partial charge in [0.1, 0.15) is 5.82 Å². The lowest BCUT2D eigenvalue weighted by atomic mass is 9.30. The normalized spacial score (nSPS) is 15.1. The second kappa shape index (κ2) is 6.84. The zero-order valence-electron chi connectivity index (χ0n) is 20.7. The third kappa shape index (κ3) is 2.63. The quantitative estimate of drug-likeness (QED) is 0.318. The molecule has 0 saturated heterocycles. The van der Waals surface area contributed by atoms with E-state index >= 15 is 0 Å². The Kier molecular flexibility index (Phi) is 4.51. The first-order chi connectivity index (χ1) is 15.2. The number of nitrogens with zero attached hydrogens (tertiary/aromatic N) is 2. The predicted octanol–water partition coefficient (Wildman–Crippen LogP) is 5.13. The van der Waals surface area contributed by atoms with Gasteiger partial charge in [0.05, 0.1) is 11.0 Å². The van der Waals surface area contributed by atoms with Crippen LogP contribution in [0.5, 0.6) is 0 Å². The summed E-state index contributed by atoms with van der Waals surface area (Å²) in [6.07, 6.45) is 0. The maximum absolute atomic E-state index is 5.03.